The normalized spacial score (nSPS) is 11.9. The predicted octanol–water partition coefficient (Wildman–Crippen LogP) is 1.50. The van der Waals surface area contributed by atoms with Crippen LogP contribution in [0, 0.1) is 5.82 Å². The molecule has 134 valence electrons. The van der Waals surface area contributed by atoms with Crippen LogP contribution in [0.2, 0.25) is 0 Å². The number of benzene rings is 1. The molecular weight excluding hydrogens is 337 g/mol. The highest BCUT2D eigenvalue weighted by Crippen LogP contribution is 2.09. The van der Waals surface area contributed by atoms with Gasteiger partial charge in [-0.15, -0.1) is 5.10 Å². The molecule has 0 spiro atoms. The Morgan fingerprint density at radius 3 is 2.77 bits per heavy atom. The van der Waals surface area contributed by atoms with Crippen LogP contribution in [0.15, 0.2) is 59.7 Å². The summed E-state index contributed by atoms with van der Waals surface area (Å²) < 4.78 is 16.5. The number of pyridine rings is 1. The van der Waals surface area contributed by atoms with Crippen LogP contribution in [0.4, 0.5) is 4.39 Å². The highest BCUT2D eigenvalue weighted by molar-refractivity contribution is 5.79. The van der Waals surface area contributed by atoms with Crippen molar-refractivity contribution in [3.63, 3.8) is 0 Å². The van der Waals surface area contributed by atoms with E-state index in [2.05, 4.69) is 15.6 Å². The van der Waals surface area contributed by atoms with E-state index in [-0.39, 0.29) is 30.4 Å². The van der Waals surface area contributed by atoms with Crippen LogP contribution in [0.1, 0.15) is 24.2 Å². The molecule has 0 saturated heterocycles. The van der Waals surface area contributed by atoms with Gasteiger partial charge in [-0.25, -0.2) is 9.07 Å². The fourth-order valence-electron chi connectivity index (χ4n) is 2.43. The number of hydrogen-bond acceptors (Lipinski definition) is 4. The number of nitrogens with one attached hydrogen (secondary N) is 1. The molecule has 26 heavy (non-hydrogen) atoms. The van der Waals surface area contributed by atoms with Crippen molar-refractivity contribution in [2.75, 3.05) is 0 Å². The van der Waals surface area contributed by atoms with Gasteiger partial charge in [-0.3, -0.25) is 9.59 Å². The Hall–Kier alpha value is -3.29. The average molecular weight is 355 g/mol. The maximum atomic E-state index is 13.6. The summed E-state index contributed by atoms with van der Waals surface area (Å²) >= 11 is 0. The van der Waals surface area contributed by atoms with Crippen LogP contribution in [0.25, 0.3) is 0 Å². The van der Waals surface area contributed by atoms with E-state index in [4.69, 9.17) is 0 Å². The van der Waals surface area contributed by atoms with Crippen LogP contribution in [-0.2, 0) is 17.9 Å². The third-order valence-corrected chi connectivity index (χ3v) is 3.98. The van der Waals surface area contributed by atoms with Gasteiger partial charge >= 0.3 is 0 Å². The van der Waals surface area contributed by atoms with Crippen molar-refractivity contribution in [2.45, 2.75) is 26.1 Å². The standard InChI is InChI=1S/C18H18FN5O2/c1-13(18(26)20-10-14-6-2-3-7-16(14)19)24-12-15(21-22-24)11-23-9-5-4-8-17(23)25/h2-9,12-13H,10-11H2,1H3,(H,20,26). The molecule has 1 N–H and O–H groups in total. The molecule has 1 amide bonds. The fourth-order valence-corrected chi connectivity index (χ4v) is 2.43. The van der Waals surface area contributed by atoms with Crippen molar-refractivity contribution in [3.8, 4) is 0 Å². The average Bonchev–Trinajstić information content (AvgIpc) is 3.10. The minimum Gasteiger partial charge on any atom is -0.350 e. The van der Waals surface area contributed by atoms with Gasteiger partial charge in [0.15, 0.2) is 0 Å². The zero-order chi connectivity index (χ0) is 18.5. The molecule has 1 unspecified atom stereocenters. The second kappa shape index (κ2) is 7.73. The number of carbonyl (C=O) groups is 1. The van der Waals surface area contributed by atoms with Crippen LogP contribution in [0.3, 0.4) is 0 Å². The van der Waals surface area contributed by atoms with Crippen LogP contribution < -0.4 is 10.9 Å². The molecule has 1 atom stereocenters. The number of amides is 1. The van der Waals surface area contributed by atoms with E-state index >= 15 is 0 Å². The zero-order valence-electron chi connectivity index (χ0n) is 14.2. The first kappa shape index (κ1) is 17.5. The van der Waals surface area contributed by atoms with Crippen LogP contribution in [0.5, 0.6) is 0 Å². The third kappa shape index (κ3) is 4.02. The molecule has 2 aromatic heterocycles. The van der Waals surface area contributed by atoms with Gasteiger partial charge in [-0.2, -0.15) is 0 Å². The molecule has 0 radical (unpaired) electrons. The number of hydrogen-bond donors (Lipinski definition) is 1. The first-order chi connectivity index (χ1) is 12.5. The Kier molecular flexibility index (Phi) is 5.21. The summed E-state index contributed by atoms with van der Waals surface area (Å²) in [6, 6.07) is 10.5. The number of nitrogens with zero attached hydrogens (tertiary/aromatic N) is 4. The number of halogens is 1. The van der Waals surface area contributed by atoms with E-state index in [1.165, 1.54) is 21.4 Å². The van der Waals surface area contributed by atoms with Crippen molar-refractivity contribution in [2.24, 2.45) is 0 Å². The van der Waals surface area contributed by atoms with Gasteiger partial charge in [0, 0.05) is 24.4 Å². The second-order valence-corrected chi connectivity index (χ2v) is 5.84. The van der Waals surface area contributed by atoms with Gasteiger partial charge in [0.05, 0.1) is 12.7 Å². The zero-order valence-corrected chi connectivity index (χ0v) is 14.2. The van der Waals surface area contributed by atoms with E-state index < -0.39 is 6.04 Å². The molecule has 0 aliphatic rings. The quantitative estimate of drug-likeness (QED) is 0.727. The van der Waals surface area contributed by atoms with Crippen molar-refractivity contribution < 1.29 is 9.18 Å². The Morgan fingerprint density at radius 1 is 1.23 bits per heavy atom. The molecule has 2 heterocycles. The lowest BCUT2D eigenvalue weighted by molar-refractivity contribution is -0.124. The SMILES string of the molecule is CC(C(=O)NCc1ccccc1F)n1cc(Cn2ccccc2=O)nn1. The molecule has 1 aromatic carbocycles. The van der Waals surface area contributed by atoms with E-state index in [1.54, 1.807) is 49.6 Å². The summed E-state index contributed by atoms with van der Waals surface area (Å²) in [5, 5.41) is 10.6. The Balaban J connectivity index is 1.63. The van der Waals surface area contributed by atoms with Crippen LogP contribution >= 0.6 is 0 Å². The molecule has 7 nitrogen and oxygen atoms in total. The molecular formula is C18H18FN5O2. The summed E-state index contributed by atoms with van der Waals surface area (Å²) in [4.78, 5) is 24.0. The third-order valence-electron chi connectivity index (χ3n) is 3.98. The molecule has 8 heteroatoms. The molecule has 0 bridgehead atoms. The van der Waals surface area contributed by atoms with Gasteiger partial charge in [0.25, 0.3) is 5.56 Å². The molecule has 3 aromatic rings. The van der Waals surface area contributed by atoms with E-state index in [9.17, 15) is 14.0 Å². The molecule has 0 fully saturated rings. The molecule has 0 saturated carbocycles. The lowest BCUT2D eigenvalue weighted by Crippen LogP contribution is -2.31. The molecule has 0 aliphatic heterocycles. The smallest absolute Gasteiger partial charge is 0.250 e. The van der Waals surface area contributed by atoms with Gasteiger partial charge in [-0.1, -0.05) is 29.5 Å². The summed E-state index contributed by atoms with van der Waals surface area (Å²) in [6.07, 6.45) is 3.28. The fraction of sp³-hybridized carbons (Fsp3) is 0.222. The number of rotatable bonds is 6. The lowest BCUT2D eigenvalue weighted by Gasteiger charge is -2.12. The van der Waals surface area contributed by atoms with Crippen LogP contribution in [-0.4, -0.2) is 25.5 Å². The van der Waals surface area contributed by atoms with E-state index in [0.717, 1.165) is 0 Å². The van der Waals surface area contributed by atoms with Gasteiger partial charge < -0.3 is 9.88 Å². The van der Waals surface area contributed by atoms with Gasteiger partial charge in [0.2, 0.25) is 5.91 Å². The second-order valence-electron chi connectivity index (χ2n) is 5.84. The highest BCUT2D eigenvalue weighted by atomic mass is 19.1. The van der Waals surface area contributed by atoms with Crippen molar-refractivity contribution in [3.05, 3.63) is 82.3 Å². The summed E-state index contributed by atoms with van der Waals surface area (Å²) in [5.74, 6) is -0.668. The number of carbonyl (C=O) groups excluding carboxylic acids is 1. The minimum absolute atomic E-state index is 0.0941. The Bertz CT molecular complexity index is 966. The predicted molar refractivity (Wildman–Crippen MR) is 92.8 cm³/mol. The summed E-state index contributed by atoms with van der Waals surface area (Å²) in [5.41, 5.74) is 0.834. The monoisotopic (exact) mass is 355 g/mol. The van der Waals surface area contributed by atoms with Crippen molar-refractivity contribution >= 4 is 5.91 Å². The summed E-state index contributed by atoms with van der Waals surface area (Å²) in [7, 11) is 0. The maximum Gasteiger partial charge on any atom is 0.250 e. The molecule has 0 aliphatic carbocycles. The molecule has 3 rings (SSSR count). The first-order valence-electron chi connectivity index (χ1n) is 8.12. The minimum atomic E-state index is -0.615. The highest BCUT2D eigenvalue weighted by Gasteiger charge is 2.17. The first-order valence-corrected chi connectivity index (χ1v) is 8.12. The van der Waals surface area contributed by atoms with Crippen molar-refractivity contribution in [1.29, 1.82) is 0 Å². The lowest BCUT2D eigenvalue weighted by atomic mass is 10.2. The summed E-state index contributed by atoms with van der Waals surface area (Å²) in [6.45, 7) is 2.03. The maximum absolute atomic E-state index is 13.6. The van der Waals surface area contributed by atoms with E-state index in [0.29, 0.717) is 11.3 Å². The largest absolute Gasteiger partial charge is 0.350 e. The number of aromatic nitrogens is 4. The Morgan fingerprint density at radius 2 is 2.00 bits per heavy atom. The van der Waals surface area contributed by atoms with Gasteiger partial charge in [0.1, 0.15) is 17.6 Å². The van der Waals surface area contributed by atoms with Gasteiger partial charge in [-0.05, 0) is 19.1 Å². The topological polar surface area (TPSA) is 81.8 Å². The van der Waals surface area contributed by atoms with Crippen molar-refractivity contribution in [1.82, 2.24) is 24.9 Å². The van der Waals surface area contributed by atoms with E-state index in [1.807, 2.05) is 0 Å². The Labute approximate surface area is 149 Å².